The standard InChI is InChI=1S/C17H22N4OS/c1-2-21-13-15(12-18-21)19-17(22)16(14-6-4-3-5-7-14)20-8-10-23-11-9-20/h3-7,12-13,16H,2,8-11H2,1H3,(H,19,22)/t16-/m0/s1. The van der Waals surface area contributed by atoms with Crippen LogP contribution < -0.4 is 5.32 Å². The number of aryl methyl sites for hydroxylation is 1. The minimum absolute atomic E-state index is 0.0127. The van der Waals surface area contributed by atoms with Gasteiger partial charge in [-0.3, -0.25) is 14.4 Å². The lowest BCUT2D eigenvalue weighted by Crippen LogP contribution is -2.41. The topological polar surface area (TPSA) is 50.2 Å². The zero-order valence-corrected chi connectivity index (χ0v) is 14.1. The Morgan fingerprint density at radius 2 is 2.04 bits per heavy atom. The van der Waals surface area contributed by atoms with Gasteiger partial charge < -0.3 is 5.32 Å². The zero-order valence-electron chi connectivity index (χ0n) is 13.3. The summed E-state index contributed by atoms with van der Waals surface area (Å²) in [5.41, 5.74) is 1.80. The number of aromatic nitrogens is 2. The largest absolute Gasteiger partial charge is 0.322 e. The number of hydrogen-bond acceptors (Lipinski definition) is 4. The first kappa shape index (κ1) is 16.1. The summed E-state index contributed by atoms with van der Waals surface area (Å²) in [5.74, 6) is 2.16. The average molecular weight is 330 g/mol. The summed E-state index contributed by atoms with van der Waals surface area (Å²) in [7, 11) is 0. The maximum absolute atomic E-state index is 12.9. The van der Waals surface area contributed by atoms with E-state index in [1.165, 1.54) is 0 Å². The highest BCUT2D eigenvalue weighted by Gasteiger charge is 2.29. The van der Waals surface area contributed by atoms with Gasteiger partial charge in [0.1, 0.15) is 6.04 Å². The highest BCUT2D eigenvalue weighted by Crippen LogP contribution is 2.25. The third-order valence-corrected chi connectivity index (χ3v) is 4.94. The molecular formula is C17H22N4OS. The van der Waals surface area contributed by atoms with E-state index in [0.29, 0.717) is 0 Å². The van der Waals surface area contributed by atoms with Crippen LogP contribution in [0, 0.1) is 0 Å². The molecule has 1 aliphatic rings. The Kier molecular flexibility index (Phi) is 5.35. The maximum Gasteiger partial charge on any atom is 0.246 e. The molecule has 1 aromatic heterocycles. The van der Waals surface area contributed by atoms with Crippen LogP contribution in [0.1, 0.15) is 18.5 Å². The van der Waals surface area contributed by atoms with Crippen LogP contribution in [0.25, 0.3) is 0 Å². The van der Waals surface area contributed by atoms with E-state index in [2.05, 4.69) is 15.3 Å². The summed E-state index contributed by atoms with van der Waals surface area (Å²) in [4.78, 5) is 15.2. The molecule has 0 unspecified atom stereocenters. The number of nitrogens with one attached hydrogen (secondary N) is 1. The smallest absolute Gasteiger partial charge is 0.246 e. The average Bonchev–Trinajstić information content (AvgIpc) is 3.04. The van der Waals surface area contributed by atoms with E-state index in [1.807, 2.05) is 59.9 Å². The van der Waals surface area contributed by atoms with Crippen LogP contribution in [-0.2, 0) is 11.3 Å². The highest BCUT2D eigenvalue weighted by atomic mass is 32.2. The second-order valence-corrected chi connectivity index (χ2v) is 6.76. The molecule has 5 nitrogen and oxygen atoms in total. The normalized spacial score (nSPS) is 16.9. The molecule has 0 bridgehead atoms. The number of carbonyl (C=O) groups excluding carboxylic acids is 1. The fraction of sp³-hybridized carbons (Fsp3) is 0.412. The zero-order chi connectivity index (χ0) is 16.1. The summed E-state index contributed by atoms with van der Waals surface area (Å²) >= 11 is 1.95. The van der Waals surface area contributed by atoms with Crippen molar-refractivity contribution in [2.45, 2.75) is 19.5 Å². The minimum atomic E-state index is -0.248. The first-order chi connectivity index (χ1) is 11.3. The van der Waals surface area contributed by atoms with Gasteiger partial charge in [0, 0.05) is 37.3 Å². The molecule has 0 spiro atoms. The third-order valence-electron chi connectivity index (χ3n) is 4.00. The Morgan fingerprint density at radius 1 is 1.30 bits per heavy atom. The second kappa shape index (κ2) is 7.66. The predicted molar refractivity (Wildman–Crippen MR) is 94.6 cm³/mol. The number of rotatable bonds is 5. The van der Waals surface area contributed by atoms with Crippen molar-refractivity contribution in [3.8, 4) is 0 Å². The number of anilines is 1. The fourth-order valence-electron chi connectivity index (χ4n) is 2.81. The molecule has 1 amide bonds. The number of hydrogen-bond donors (Lipinski definition) is 1. The Labute approximate surface area is 141 Å². The third kappa shape index (κ3) is 3.95. The molecule has 1 saturated heterocycles. The lowest BCUT2D eigenvalue weighted by atomic mass is 10.0. The number of amides is 1. The number of thioether (sulfide) groups is 1. The van der Waals surface area contributed by atoms with E-state index in [4.69, 9.17) is 0 Å². The van der Waals surface area contributed by atoms with Crippen molar-refractivity contribution in [3.05, 3.63) is 48.3 Å². The SMILES string of the molecule is CCn1cc(NC(=O)[C@H](c2ccccc2)N2CCSCC2)cn1. The monoisotopic (exact) mass is 330 g/mol. The van der Waals surface area contributed by atoms with Crippen LogP contribution in [0.3, 0.4) is 0 Å². The van der Waals surface area contributed by atoms with Crippen LogP contribution in [0.15, 0.2) is 42.7 Å². The number of carbonyl (C=O) groups is 1. The van der Waals surface area contributed by atoms with Gasteiger partial charge in [-0.05, 0) is 12.5 Å². The molecule has 1 aromatic carbocycles. The van der Waals surface area contributed by atoms with Crippen molar-refractivity contribution in [2.24, 2.45) is 0 Å². The highest BCUT2D eigenvalue weighted by molar-refractivity contribution is 7.99. The molecule has 0 saturated carbocycles. The minimum Gasteiger partial charge on any atom is -0.322 e. The van der Waals surface area contributed by atoms with Gasteiger partial charge in [0.2, 0.25) is 5.91 Å². The summed E-state index contributed by atoms with van der Waals surface area (Å²) in [6, 6.07) is 9.77. The van der Waals surface area contributed by atoms with Gasteiger partial charge >= 0.3 is 0 Å². The molecule has 1 atom stereocenters. The fourth-order valence-corrected chi connectivity index (χ4v) is 3.74. The molecule has 0 radical (unpaired) electrons. The molecule has 1 aliphatic heterocycles. The van der Waals surface area contributed by atoms with Crippen LogP contribution >= 0.6 is 11.8 Å². The van der Waals surface area contributed by atoms with E-state index < -0.39 is 0 Å². The summed E-state index contributed by atoms with van der Waals surface area (Å²) in [6.07, 6.45) is 3.57. The first-order valence-corrected chi connectivity index (χ1v) is 9.13. The molecular weight excluding hydrogens is 308 g/mol. The van der Waals surface area contributed by atoms with Crippen molar-refractivity contribution in [1.82, 2.24) is 14.7 Å². The van der Waals surface area contributed by atoms with Crippen molar-refractivity contribution in [1.29, 1.82) is 0 Å². The lowest BCUT2D eigenvalue weighted by Gasteiger charge is -2.33. The summed E-state index contributed by atoms with van der Waals surface area (Å²) in [5, 5.41) is 7.24. The molecule has 2 aromatic rings. The van der Waals surface area contributed by atoms with E-state index in [9.17, 15) is 4.79 Å². The molecule has 1 fully saturated rings. The van der Waals surface area contributed by atoms with E-state index in [0.717, 1.165) is 42.4 Å². The van der Waals surface area contributed by atoms with Gasteiger partial charge in [0.15, 0.2) is 0 Å². The number of nitrogens with zero attached hydrogens (tertiary/aromatic N) is 3. The molecule has 2 heterocycles. The molecule has 6 heteroatoms. The second-order valence-electron chi connectivity index (χ2n) is 5.54. The van der Waals surface area contributed by atoms with Gasteiger partial charge in [-0.1, -0.05) is 30.3 Å². The lowest BCUT2D eigenvalue weighted by molar-refractivity contribution is -0.121. The maximum atomic E-state index is 12.9. The van der Waals surface area contributed by atoms with Gasteiger partial charge in [-0.15, -0.1) is 0 Å². The molecule has 1 N–H and O–H groups in total. The van der Waals surface area contributed by atoms with E-state index >= 15 is 0 Å². The Hall–Kier alpha value is -1.79. The molecule has 3 rings (SSSR count). The van der Waals surface area contributed by atoms with Crippen LogP contribution in [-0.4, -0.2) is 45.2 Å². The summed E-state index contributed by atoms with van der Waals surface area (Å²) < 4.78 is 1.81. The van der Waals surface area contributed by atoms with Crippen LogP contribution in [0.5, 0.6) is 0 Å². The van der Waals surface area contributed by atoms with Gasteiger partial charge in [-0.25, -0.2) is 0 Å². The Morgan fingerprint density at radius 3 is 2.70 bits per heavy atom. The molecule has 23 heavy (non-hydrogen) atoms. The Bertz CT molecular complexity index is 637. The number of benzene rings is 1. The van der Waals surface area contributed by atoms with Gasteiger partial charge in [-0.2, -0.15) is 16.9 Å². The van der Waals surface area contributed by atoms with Crippen molar-refractivity contribution >= 4 is 23.4 Å². The van der Waals surface area contributed by atoms with Crippen molar-refractivity contribution in [3.63, 3.8) is 0 Å². The van der Waals surface area contributed by atoms with E-state index in [1.54, 1.807) is 6.20 Å². The van der Waals surface area contributed by atoms with Gasteiger partial charge in [0.05, 0.1) is 11.9 Å². The van der Waals surface area contributed by atoms with Crippen molar-refractivity contribution in [2.75, 3.05) is 29.9 Å². The quantitative estimate of drug-likeness (QED) is 0.916. The first-order valence-electron chi connectivity index (χ1n) is 7.98. The summed E-state index contributed by atoms with van der Waals surface area (Å²) in [6.45, 7) is 4.69. The van der Waals surface area contributed by atoms with Gasteiger partial charge in [0.25, 0.3) is 0 Å². The molecule has 0 aliphatic carbocycles. The van der Waals surface area contributed by atoms with Crippen LogP contribution in [0.4, 0.5) is 5.69 Å². The van der Waals surface area contributed by atoms with Crippen LogP contribution in [0.2, 0.25) is 0 Å². The predicted octanol–water partition coefficient (Wildman–Crippen LogP) is 2.63. The molecule has 122 valence electrons. The Balaban J connectivity index is 1.80. The van der Waals surface area contributed by atoms with E-state index in [-0.39, 0.29) is 11.9 Å². The van der Waals surface area contributed by atoms with Crippen molar-refractivity contribution < 1.29 is 4.79 Å².